The normalized spacial score (nSPS) is 13.5. The first kappa shape index (κ1) is 26.6. The molecule has 1 aromatic heterocycles. The van der Waals surface area contributed by atoms with Gasteiger partial charge in [-0.3, -0.25) is 4.99 Å². The summed E-state index contributed by atoms with van der Waals surface area (Å²) < 4.78 is 43.4. The molecule has 0 radical (unpaired) electrons. The number of guanidine groups is 1. The van der Waals surface area contributed by atoms with E-state index in [2.05, 4.69) is 51.7 Å². The second-order valence-electron chi connectivity index (χ2n) is 6.93. The fraction of sp³-hybridized carbons (Fsp3) is 0.706. The summed E-state index contributed by atoms with van der Waals surface area (Å²) in [6, 6.07) is 0.834. The lowest BCUT2D eigenvalue weighted by Gasteiger charge is -2.28. The van der Waals surface area contributed by atoms with E-state index in [4.69, 9.17) is 4.74 Å². The predicted molar refractivity (Wildman–Crippen MR) is 115 cm³/mol. The van der Waals surface area contributed by atoms with Crippen molar-refractivity contribution in [3.05, 3.63) is 18.0 Å². The molecule has 0 aliphatic carbocycles. The van der Waals surface area contributed by atoms with Gasteiger partial charge in [0.1, 0.15) is 5.69 Å². The average molecular weight is 518 g/mol. The van der Waals surface area contributed by atoms with Crippen LogP contribution in [0.25, 0.3) is 0 Å². The molecule has 0 fully saturated rings. The highest BCUT2D eigenvalue weighted by Gasteiger charge is 2.32. The van der Waals surface area contributed by atoms with Crippen molar-refractivity contribution in [2.24, 2.45) is 10.4 Å². The Bertz CT molecular complexity index is 607. The first-order chi connectivity index (χ1) is 12.6. The summed E-state index contributed by atoms with van der Waals surface area (Å²) in [5, 5.41) is 8.99. The number of nitrogens with one attached hydrogen (secondary N) is 3. The summed E-state index contributed by atoms with van der Waals surface area (Å²) in [5.41, 5.74) is -1.02. The van der Waals surface area contributed by atoms with Gasteiger partial charge in [-0.1, -0.05) is 20.8 Å². The van der Waals surface area contributed by atoms with E-state index >= 15 is 0 Å². The van der Waals surface area contributed by atoms with Gasteiger partial charge in [0.2, 0.25) is 5.95 Å². The van der Waals surface area contributed by atoms with Crippen LogP contribution in [0.3, 0.4) is 0 Å². The minimum atomic E-state index is -4.49. The van der Waals surface area contributed by atoms with Crippen molar-refractivity contribution in [2.45, 2.75) is 40.0 Å². The van der Waals surface area contributed by atoms with Crippen LogP contribution in [0.2, 0.25) is 0 Å². The zero-order valence-electron chi connectivity index (χ0n) is 16.9. The molecule has 28 heavy (non-hydrogen) atoms. The van der Waals surface area contributed by atoms with Crippen LogP contribution in [0.5, 0.6) is 0 Å². The second kappa shape index (κ2) is 12.2. The van der Waals surface area contributed by atoms with Crippen LogP contribution in [-0.4, -0.2) is 55.3 Å². The molecular weight excluding hydrogens is 488 g/mol. The Labute approximate surface area is 181 Å². The van der Waals surface area contributed by atoms with Crippen LogP contribution in [0.15, 0.2) is 17.3 Å². The van der Waals surface area contributed by atoms with E-state index in [1.54, 1.807) is 7.11 Å². The summed E-state index contributed by atoms with van der Waals surface area (Å²) in [4.78, 5) is 11.8. The van der Waals surface area contributed by atoms with Gasteiger partial charge in [0.25, 0.3) is 0 Å². The third kappa shape index (κ3) is 9.71. The van der Waals surface area contributed by atoms with Crippen molar-refractivity contribution in [3.8, 4) is 0 Å². The van der Waals surface area contributed by atoms with E-state index in [1.807, 2.05) is 6.92 Å². The Kier molecular flexibility index (Phi) is 11.6. The molecule has 1 atom stereocenters. The average Bonchev–Trinajstić information content (AvgIpc) is 2.57. The van der Waals surface area contributed by atoms with Crippen molar-refractivity contribution in [1.82, 2.24) is 20.6 Å². The minimum absolute atomic E-state index is 0. The molecule has 0 aliphatic heterocycles. The van der Waals surface area contributed by atoms with Gasteiger partial charge in [0.15, 0.2) is 5.96 Å². The Morgan fingerprint density at radius 2 is 1.89 bits per heavy atom. The number of methoxy groups -OCH3 is 1. The topological polar surface area (TPSA) is 83.5 Å². The molecule has 0 saturated heterocycles. The predicted octanol–water partition coefficient (Wildman–Crippen LogP) is 3.14. The van der Waals surface area contributed by atoms with Gasteiger partial charge in [0, 0.05) is 32.9 Å². The highest BCUT2D eigenvalue weighted by Crippen LogP contribution is 2.27. The first-order valence-corrected chi connectivity index (χ1v) is 8.77. The van der Waals surface area contributed by atoms with Crippen LogP contribution in [0, 0.1) is 5.41 Å². The number of rotatable bonds is 8. The molecule has 11 heteroatoms. The SMILES string of the molecule is CCNC(=NCC(OC)C(C)(C)C)NCCNc1nccc(C(F)(F)F)n1.I. The fourth-order valence-corrected chi connectivity index (χ4v) is 2.17. The van der Waals surface area contributed by atoms with E-state index in [-0.39, 0.29) is 41.4 Å². The number of hydrogen-bond acceptors (Lipinski definition) is 5. The monoisotopic (exact) mass is 518 g/mol. The minimum Gasteiger partial charge on any atom is -0.379 e. The van der Waals surface area contributed by atoms with Gasteiger partial charge in [0.05, 0.1) is 12.6 Å². The summed E-state index contributed by atoms with van der Waals surface area (Å²) >= 11 is 0. The number of nitrogens with zero attached hydrogens (tertiary/aromatic N) is 3. The quantitative estimate of drug-likeness (QED) is 0.212. The number of hydrogen-bond donors (Lipinski definition) is 3. The van der Waals surface area contributed by atoms with Crippen molar-refractivity contribution < 1.29 is 17.9 Å². The van der Waals surface area contributed by atoms with Gasteiger partial charge in [-0.15, -0.1) is 24.0 Å². The molecule has 1 rings (SSSR count). The fourth-order valence-electron chi connectivity index (χ4n) is 2.17. The van der Waals surface area contributed by atoms with E-state index in [0.29, 0.717) is 32.1 Å². The molecule has 1 unspecified atom stereocenters. The van der Waals surface area contributed by atoms with Crippen molar-refractivity contribution >= 4 is 35.9 Å². The lowest BCUT2D eigenvalue weighted by Crippen LogP contribution is -2.41. The molecule has 0 bridgehead atoms. The van der Waals surface area contributed by atoms with Gasteiger partial charge in [-0.2, -0.15) is 13.2 Å². The van der Waals surface area contributed by atoms with Gasteiger partial charge < -0.3 is 20.7 Å². The number of alkyl halides is 3. The summed E-state index contributed by atoms with van der Waals surface area (Å²) in [5.74, 6) is 0.538. The first-order valence-electron chi connectivity index (χ1n) is 8.77. The molecule has 1 heterocycles. The maximum absolute atomic E-state index is 12.6. The van der Waals surface area contributed by atoms with E-state index in [1.165, 1.54) is 0 Å². The van der Waals surface area contributed by atoms with Crippen LogP contribution in [0.4, 0.5) is 19.1 Å². The van der Waals surface area contributed by atoms with Crippen molar-refractivity contribution in [2.75, 3.05) is 38.6 Å². The summed E-state index contributed by atoms with van der Waals surface area (Å²) in [7, 11) is 1.66. The van der Waals surface area contributed by atoms with Gasteiger partial charge in [-0.25, -0.2) is 9.97 Å². The van der Waals surface area contributed by atoms with Gasteiger partial charge in [-0.05, 0) is 18.4 Å². The highest BCUT2D eigenvalue weighted by atomic mass is 127. The van der Waals surface area contributed by atoms with Crippen LogP contribution in [-0.2, 0) is 10.9 Å². The molecule has 3 N–H and O–H groups in total. The molecule has 0 amide bonds. The number of aliphatic imine (C=N–C) groups is 1. The standard InChI is InChI=1S/C17H29F3N6O.HI/c1-6-21-14(25-11-13(27-5)16(2,3)4)23-9-10-24-15-22-8-7-12(26-15)17(18,19)20;/h7-8,13H,6,9-11H2,1-5H3,(H2,21,23,25)(H,22,24,26);1H. The van der Waals surface area contributed by atoms with Crippen molar-refractivity contribution in [3.63, 3.8) is 0 Å². The third-order valence-corrected chi connectivity index (χ3v) is 3.66. The molecule has 0 saturated carbocycles. The molecule has 7 nitrogen and oxygen atoms in total. The second-order valence-corrected chi connectivity index (χ2v) is 6.93. The smallest absolute Gasteiger partial charge is 0.379 e. The largest absolute Gasteiger partial charge is 0.433 e. The van der Waals surface area contributed by atoms with E-state index in [9.17, 15) is 13.2 Å². The van der Waals surface area contributed by atoms with Crippen LogP contribution in [0.1, 0.15) is 33.4 Å². The van der Waals surface area contributed by atoms with Crippen LogP contribution >= 0.6 is 24.0 Å². The Morgan fingerprint density at radius 1 is 1.21 bits per heavy atom. The molecule has 0 spiro atoms. The Balaban J connectivity index is 0.00000729. The van der Waals surface area contributed by atoms with Gasteiger partial charge >= 0.3 is 6.18 Å². The number of aromatic nitrogens is 2. The Morgan fingerprint density at radius 3 is 2.43 bits per heavy atom. The van der Waals surface area contributed by atoms with E-state index < -0.39 is 11.9 Å². The maximum atomic E-state index is 12.6. The van der Waals surface area contributed by atoms with E-state index in [0.717, 1.165) is 12.3 Å². The van der Waals surface area contributed by atoms with Crippen LogP contribution < -0.4 is 16.0 Å². The molecule has 162 valence electrons. The zero-order valence-corrected chi connectivity index (χ0v) is 19.2. The maximum Gasteiger partial charge on any atom is 0.433 e. The highest BCUT2D eigenvalue weighted by molar-refractivity contribution is 14.0. The lowest BCUT2D eigenvalue weighted by atomic mass is 9.89. The summed E-state index contributed by atoms with van der Waals surface area (Å²) in [6.45, 7) is 10.1. The zero-order chi connectivity index (χ0) is 20.5. The molecular formula is C17H30F3IN6O. The third-order valence-electron chi connectivity index (χ3n) is 3.66. The molecule has 0 aliphatic rings. The number of anilines is 1. The van der Waals surface area contributed by atoms with Crippen molar-refractivity contribution in [1.29, 1.82) is 0 Å². The molecule has 0 aromatic carbocycles. The number of ether oxygens (including phenoxy) is 1. The Hall–Kier alpha value is -1.37. The lowest BCUT2D eigenvalue weighted by molar-refractivity contribution is -0.141. The number of halogens is 4. The molecule has 1 aromatic rings. The summed E-state index contributed by atoms with van der Waals surface area (Å²) in [6.07, 6.45) is -3.45.